The Morgan fingerprint density at radius 2 is 2.37 bits per heavy atom. The number of amides is 1. The second-order valence-corrected chi connectivity index (χ2v) is 5.32. The zero-order valence-corrected chi connectivity index (χ0v) is 12.0. The van der Waals surface area contributed by atoms with Crippen LogP contribution in [0.5, 0.6) is 0 Å². The SMILES string of the molecule is Cc1oncc1C(=O)NC[C@@H](c1ccsc1)N(C)C. The summed E-state index contributed by atoms with van der Waals surface area (Å²) in [7, 11) is 4.00. The van der Waals surface area contributed by atoms with E-state index in [2.05, 4.69) is 26.8 Å². The quantitative estimate of drug-likeness (QED) is 0.910. The average molecular weight is 279 g/mol. The summed E-state index contributed by atoms with van der Waals surface area (Å²) in [5.41, 5.74) is 1.69. The van der Waals surface area contributed by atoms with Gasteiger partial charge in [0.25, 0.3) is 5.91 Å². The first-order chi connectivity index (χ1) is 9.09. The Bertz CT molecular complexity index is 534. The summed E-state index contributed by atoms with van der Waals surface area (Å²) in [6.45, 7) is 2.28. The molecule has 1 atom stereocenters. The van der Waals surface area contributed by atoms with Gasteiger partial charge < -0.3 is 14.7 Å². The molecule has 0 bridgehead atoms. The van der Waals surface area contributed by atoms with Crippen molar-refractivity contribution in [1.82, 2.24) is 15.4 Å². The molecule has 0 aliphatic rings. The predicted molar refractivity (Wildman–Crippen MR) is 74.3 cm³/mol. The maximum atomic E-state index is 12.0. The Kier molecular flexibility index (Phi) is 4.34. The van der Waals surface area contributed by atoms with E-state index in [0.717, 1.165) is 0 Å². The highest BCUT2D eigenvalue weighted by atomic mass is 32.1. The maximum absolute atomic E-state index is 12.0. The van der Waals surface area contributed by atoms with Gasteiger partial charge in [0.2, 0.25) is 0 Å². The van der Waals surface area contributed by atoms with Gasteiger partial charge in [0, 0.05) is 6.54 Å². The Balaban J connectivity index is 2.00. The van der Waals surface area contributed by atoms with Crippen molar-refractivity contribution in [2.24, 2.45) is 0 Å². The lowest BCUT2D eigenvalue weighted by Gasteiger charge is -2.23. The van der Waals surface area contributed by atoms with Gasteiger partial charge in [-0.3, -0.25) is 4.79 Å². The summed E-state index contributed by atoms with van der Waals surface area (Å²) in [6.07, 6.45) is 1.44. The van der Waals surface area contributed by atoms with E-state index in [1.54, 1.807) is 18.3 Å². The molecule has 1 amide bonds. The number of nitrogens with one attached hydrogen (secondary N) is 1. The molecule has 2 rings (SSSR count). The molecule has 2 aromatic rings. The van der Waals surface area contributed by atoms with E-state index in [1.807, 2.05) is 19.5 Å². The standard InChI is InChI=1S/C13H17N3O2S/c1-9-11(6-15-18-9)13(17)14-7-12(16(2)3)10-4-5-19-8-10/h4-6,8,12H,7H2,1-3H3,(H,14,17)/t12-/m0/s1. The number of likely N-dealkylation sites (N-methyl/N-ethyl adjacent to an activating group) is 1. The van der Waals surface area contributed by atoms with E-state index in [1.165, 1.54) is 11.8 Å². The second-order valence-electron chi connectivity index (χ2n) is 4.54. The molecular weight excluding hydrogens is 262 g/mol. The molecule has 0 aromatic carbocycles. The topological polar surface area (TPSA) is 58.4 Å². The second kappa shape index (κ2) is 5.99. The number of nitrogens with zero attached hydrogens (tertiary/aromatic N) is 2. The number of thiophene rings is 1. The molecule has 2 aromatic heterocycles. The number of aromatic nitrogens is 1. The normalized spacial score (nSPS) is 12.6. The highest BCUT2D eigenvalue weighted by Gasteiger charge is 2.18. The van der Waals surface area contributed by atoms with E-state index < -0.39 is 0 Å². The fourth-order valence-electron chi connectivity index (χ4n) is 1.86. The zero-order chi connectivity index (χ0) is 13.8. The van der Waals surface area contributed by atoms with Gasteiger partial charge in [-0.15, -0.1) is 0 Å². The third kappa shape index (κ3) is 3.21. The molecule has 0 saturated carbocycles. The van der Waals surface area contributed by atoms with Crippen LogP contribution in [0.25, 0.3) is 0 Å². The molecule has 6 heteroatoms. The number of carbonyl (C=O) groups excluding carboxylic acids is 1. The number of hydrogen-bond donors (Lipinski definition) is 1. The highest BCUT2D eigenvalue weighted by Crippen LogP contribution is 2.20. The molecule has 0 radical (unpaired) electrons. The van der Waals surface area contributed by atoms with Crippen molar-refractivity contribution in [2.45, 2.75) is 13.0 Å². The molecule has 19 heavy (non-hydrogen) atoms. The van der Waals surface area contributed by atoms with Crippen LogP contribution in [-0.2, 0) is 0 Å². The van der Waals surface area contributed by atoms with Gasteiger partial charge in [-0.1, -0.05) is 5.16 Å². The fraction of sp³-hybridized carbons (Fsp3) is 0.385. The largest absolute Gasteiger partial charge is 0.361 e. The summed E-state index contributed by atoms with van der Waals surface area (Å²) in [5, 5.41) is 10.7. The molecule has 0 fully saturated rings. The Morgan fingerprint density at radius 1 is 1.58 bits per heavy atom. The maximum Gasteiger partial charge on any atom is 0.256 e. The van der Waals surface area contributed by atoms with Gasteiger partial charge in [-0.05, 0) is 43.4 Å². The molecule has 0 spiro atoms. The van der Waals surface area contributed by atoms with Crippen molar-refractivity contribution in [1.29, 1.82) is 0 Å². The monoisotopic (exact) mass is 279 g/mol. The van der Waals surface area contributed by atoms with Crippen molar-refractivity contribution in [3.8, 4) is 0 Å². The number of rotatable bonds is 5. The summed E-state index contributed by atoms with van der Waals surface area (Å²) in [4.78, 5) is 14.1. The van der Waals surface area contributed by atoms with Gasteiger partial charge in [0.1, 0.15) is 11.3 Å². The zero-order valence-electron chi connectivity index (χ0n) is 11.2. The predicted octanol–water partition coefficient (Wildman–Crippen LogP) is 2.08. The summed E-state index contributed by atoms with van der Waals surface area (Å²) >= 11 is 1.66. The molecule has 102 valence electrons. The van der Waals surface area contributed by atoms with Crippen LogP contribution in [0.3, 0.4) is 0 Å². The first-order valence-electron chi connectivity index (χ1n) is 5.97. The van der Waals surface area contributed by atoms with Crippen molar-refractivity contribution in [3.63, 3.8) is 0 Å². The molecular formula is C13H17N3O2S. The van der Waals surface area contributed by atoms with Crippen LogP contribution in [0.2, 0.25) is 0 Å². The first-order valence-corrected chi connectivity index (χ1v) is 6.92. The van der Waals surface area contributed by atoms with Crippen molar-refractivity contribution in [2.75, 3.05) is 20.6 Å². The summed E-state index contributed by atoms with van der Waals surface area (Å²) in [6, 6.07) is 2.24. The van der Waals surface area contributed by atoms with E-state index in [0.29, 0.717) is 17.9 Å². The fourth-order valence-corrected chi connectivity index (χ4v) is 2.57. The molecule has 0 saturated heterocycles. The van der Waals surface area contributed by atoms with Gasteiger partial charge in [-0.25, -0.2) is 0 Å². The average Bonchev–Trinajstić information content (AvgIpc) is 3.00. The number of carbonyl (C=O) groups is 1. The minimum absolute atomic E-state index is 0.152. The van der Waals surface area contributed by atoms with E-state index >= 15 is 0 Å². The van der Waals surface area contributed by atoms with E-state index in [-0.39, 0.29) is 11.9 Å². The lowest BCUT2D eigenvalue weighted by molar-refractivity contribution is 0.0940. The molecule has 0 aliphatic carbocycles. The van der Waals surface area contributed by atoms with Gasteiger partial charge in [0.15, 0.2) is 0 Å². The lowest BCUT2D eigenvalue weighted by Crippen LogP contribution is -2.34. The van der Waals surface area contributed by atoms with Gasteiger partial charge in [-0.2, -0.15) is 11.3 Å². The highest BCUT2D eigenvalue weighted by molar-refractivity contribution is 7.07. The minimum atomic E-state index is -0.152. The third-order valence-electron chi connectivity index (χ3n) is 3.00. The van der Waals surface area contributed by atoms with Crippen LogP contribution in [0.1, 0.15) is 27.7 Å². The van der Waals surface area contributed by atoms with Crippen LogP contribution >= 0.6 is 11.3 Å². The van der Waals surface area contributed by atoms with E-state index in [9.17, 15) is 4.79 Å². The van der Waals surface area contributed by atoms with Crippen LogP contribution < -0.4 is 5.32 Å². The van der Waals surface area contributed by atoms with Crippen molar-refractivity contribution < 1.29 is 9.32 Å². The minimum Gasteiger partial charge on any atom is -0.361 e. The molecule has 0 unspecified atom stereocenters. The van der Waals surface area contributed by atoms with Crippen LogP contribution in [0.4, 0.5) is 0 Å². The Hall–Kier alpha value is -1.66. The molecule has 5 nitrogen and oxygen atoms in total. The van der Waals surface area contributed by atoms with Gasteiger partial charge >= 0.3 is 0 Å². The smallest absolute Gasteiger partial charge is 0.256 e. The van der Waals surface area contributed by atoms with Crippen LogP contribution in [0, 0.1) is 6.92 Å². The van der Waals surface area contributed by atoms with Gasteiger partial charge in [0.05, 0.1) is 12.2 Å². The molecule has 1 N–H and O–H groups in total. The first kappa shape index (κ1) is 13.8. The third-order valence-corrected chi connectivity index (χ3v) is 3.70. The molecule has 2 heterocycles. The van der Waals surface area contributed by atoms with Crippen LogP contribution in [-0.4, -0.2) is 36.6 Å². The van der Waals surface area contributed by atoms with E-state index in [4.69, 9.17) is 4.52 Å². The number of aryl methyl sites for hydroxylation is 1. The lowest BCUT2D eigenvalue weighted by atomic mass is 10.1. The van der Waals surface area contributed by atoms with Crippen molar-refractivity contribution >= 4 is 17.2 Å². The molecule has 0 aliphatic heterocycles. The Morgan fingerprint density at radius 3 is 2.89 bits per heavy atom. The van der Waals surface area contributed by atoms with Crippen LogP contribution in [0.15, 0.2) is 27.5 Å². The number of hydrogen-bond acceptors (Lipinski definition) is 5. The summed E-state index contributed by atoms with van der Waals surface area (Å²) in [5.74, 6) is 0.385. The summed E-state index contributed by atoms with van der Waals surface area (Å²) < 4.78 is 4.89. The Labute approximate surface area is 116 Å². The van der Waals surface area contributed by atoms with Crippen molar-refractivity contribution in [3.05, 3.63) is 39.9 Å².